The van der Waals surface area contributed by atoms with Gasteiger partial charge in [0.25, 0.3) is 0 Å². The summed E-state index contributed by atoms with van der Waals surface area (Å²) in [6.45, 7) is 1.83. The van der Waals surface area contributed by atoms with Gasteiger partial charge >= 0.3 is 5.97 Å². The quantitative estimate of drug-likeness (QED) is 0.0104. The van der Waals surface area contributed by atoms with E-state index in [0.717, 1.165) is 0 Å². The van der Waals surface area contributed by atoms with Crippen LogP contribution in [0.1, 0.15) is 77.2 Å². The number of carboxylic acid groups (broad SMARTS) is 1. The number of aliphatic imine (C=N–C) groups is 2. The number of carbonyl (C=O) groups excluding carboxylic acids is 7. The van der Waals surface area contributed by atoms with E-state index >= 15 is 0 Å². The van der Waals surface area contributed by atoms with Crippen LogP contribution in [-0.2, 0) is 52.8 Å². The number of nitrogens with zero attached hydrogens (tertiary/aromatic N) is 2. The predicted octanol–water partition coefficient (Wildman–Crippen LogP) is 2.57. The van der Waals surface area contributed by atoms with E-state index in [1.54, 1.807) is 116 Å². The number of carboxylic acids is 1. The monoisotopic (exact) mass is 1090 g/mol. The van der Waals surface area contributed by atoms with Gasteiger partial charge in [-0.1, -0.05) is 116 Å². The molecular weight excluding hydrogens is 1030 g/mol. The summed E-state index contributed by atoms with van der Waals surface area (Å²) < 4.78 is 14.1. The van der Waals surface area contributed by atoms with E-state index in [0.29, 0.717) is 39.1 Å². The number of halogens is 1. The molecule has 0 saturated carbocycles. The Hall–Kier alpha value is -9.73. The third kappa shape index (κ3) is 21.0. The number of ketones is 1. The smallest absolute Gasteiger partial charge is 0.326 e. The molecular formula is C58H67FN12O9. The first-order chi connectivity index (χ1) is 38.4. The van der Waals surface area contributed by atoms with Crippen LogP contribution in [-0.4, -0.2) is 108 Å². The Morgan fingerprint density at radius 3 is 1.54 bits per heavy atom. The normalized spacial score (nSPS) is 12.7. The van der Waals surface area contributed by atoms with Gasteiger partial charge in [-0.2, -0.15) is 0 Å². The minimum atomic E-state index is -1.52. The minimum Gasteiger partial charge on any atom is -0.480 e. The SMILES string of the molecule is CCC(=O)NCCC[C@H](NC(=O)[C@H](CCCN=C(N)N)NC(=O)[C@H](Cc1ccc(C(=O)c2ccccc2)cc1)NC(=O)[C@H](Cc1ccc(N=C(N)N)cc1)NC(=O)[C@H](Cc1ccc(F)cc1)NC(=O)/C=C/c1ccccc1)C(=O)O. The zero-order chi connectivity index (χ0) is 58.0. The lowest BCUT2D eigenvalue weighted by Crippen LogP contribution is -2.59. The van der Waals surface area contributed by atoms with E-state index in [2.05, 4.69) is 41.9 Å². The van der Waals surface area contributed by atoms with Crippen LogP contribution in [0.15, 0.2) is 150 Å². The first-order valence-corrected chi connectivity index (χ1v) is 25.8. The number of nitrogens with two attached hydrogens (primary N) is 4. The van der Waals surface area contributed by atoms with Crippen LogP contribution >= 0.6 is 0 Å². The Balaban J connectivity index is 1.51. The van der Waals surface area contributed by atoms with Crippen LogP contribution < -0.4 is 54.8 Å². The van der Waals surface area contributed by atoms with Crippen molar-refractivity contribution in [3.8, 4) is 0 Å². The van der Waals surface area contributed by atoms with E-state index in [-0.39, 0.29) is 88.1 Å². The lowest BCUT2D eigenvalue weighted by atomic mass is 9.98. The van der Waals surface area contributed by atoms with Crippen LogP contribution in [0.4, 0.5) is 10.1 Å². The maximum atomic E-state index is 14.9. The highest BCUT2D eigenvalue weighted by Crippen LogP contribution is 2.17. The fourth-order valence-electron chi connectivity index (χ4n) is 8.09. The van der Waals surface area contributed by atoms with Crippen molar-refractivity contribution < 1.29 is 47.9 Å². The second kappa shape index (κ2) is 31.5. The van der Waals surface area contributed by atoms with Crippen molar-refractivity contribution in [2.45, 2.75) is 88.5 Å². The van der Waals surface area contributed by atoms with Gasteiger partial charge in [-0.25, -0.2) is 14.2 Å². The van der Waals surface area contributed by atoms with E-state index in [1.807, 2.05) is 6.07 Å². The average molecular weight is 1100 g/mol. The first kappa shape index (κ1) is 61.1. The molecule has 0 fully saturated rings. The molecule has 420 valence electrons. The molecule has 80 heavy (non-hydrogen) atoms. The number of rotatable bonds is 30. The fourth-order valence-corrected chi connectivity index (χ4v) is 8.09. The minimum absolute atomic E-state index is 0.0237. The predicted molar refractivity (Wildman–Crippen MR) is 301 cm³/mol. The summed E-state index contributed by atoms with van der Waals surface area (Å²) in [5.41, 5.74) is 25.5. The molecule has 0 saturated heterocycles. The summed E-state index contributed by atoms with van der Waals surface area (Å²) >= 11 is 0. The number of amides is 6. The van der Waals surface area contributed by atoms with Crippen molar-refractivity contribution in [3.63, 3.8) is 0 Å². The topological polar surface area (TPSA) is 358 Å². The van der Waals surface area contributed by atoms with Gasteiger partial charge in [-0.05, 0) is 78.3 Å². The molecule has 0 spiro atoms. The van der Waals surface area contributed by atoms with E-state index in [4.69, 9.17) is 22.9 Å². The first-order valence-electron chi connectivity index (χ1n) is 25.8. The van der Waals surface area contributed by atoms with Crippen molar-refractivity contribution >= 4 is 70.9 Å². The molecule has 15 N–H and O–H groups in total. The molecule has 5 rings (SSSR count). The van der Waals surface area contributed by atoms with Gasteiger partial charge in [0, 0.05) is 56.0 Å². The van der Waals surface area contributed by atoms with Gasteiger partial charge in [-0.15, -0.1) is 0 Å². The molecule has 0 aliphatic heterocycles. The highest BCUT2D eigenvalue weighted by molar-refractivity contribution is 6.09. The lowest BCUT2D eigenvalue weighted by Gasteiger charge is -2.27. The number of carbonyl (C=O) groups is 8. The van der Waals surface area contributed by atoms with Crippen LogP contribution in [0, 0.1) is 5.82 Å². The summed E-state index contributed by atoms with van der Waals surface area (Å²) in [6.07, 6.45) is 2.54. The molecule has 0 aliphatic rings. The summed E-state index contributed by atoms with van der Waals surface area (Å²) in [5, 5.41) is 26.1. The third-order valence-electron chi connectivity index (χ3n) is 12.3. The molecule has 22 heteroatoms. The maximum Gasteiger partial charge on any atom is 0.326 e. The van der Waals surface area contributed by atoms with Gasteiger partial charge in [0.15, 0.2) is 17.7 Å². The van der Waals surface area contributed by atoms with Gasteiger partial charge in [0.1, 0.15) is 36.0 Å². The van der Waals surface area contributed by atoms with Crippen molar-refractivity contribution in [2.75, 3.05) is 13.1 Å². The summed E-state index contributed by atoms with van der Waals surface area (Å²) in [4.78, 5) is 117. The van der Waals surface area contributed by atoms with Crippen molar-refractivity contribution in [1.82, 2.24) is 31.9 Å². The third-order valence-corrected chi connectivity index (χ3v) is 12.3. The largest absolute Gasteiger partial charge is 0.480 e. The molecule has 0 unspecified atom stereocenters. The molecule has 0 bridgehead atoms. The Labute approximate surface area is 462 Å². The van der Waals surface area contributed by atoms with Crippen LogP contribution in [0.2, 0.25) is 0 Å². The summed E-state index contributed by atoms with van der Waals surface area (Å²) in [6, 6.07) is 28.2. The number of aliphatic carboxylic acids is 1. The van der Waals surface area contributed by atoms with Crippen molar-refractivity contribution in [1.29, 1.82) is 0 Å². The molecule has 0 aliphatic carbocycles. The number of nitrogens with one attached hydrogen (secondary N) is 6. The van der Waals surface area contributed by atoms with Gasteiger partial charge in [-0.3, -0.25) is 38.6 Å². The molecule has 0 aromatic heterocycles. The average Bonchev–Trinajstić information content (AvgIpc) is 3.44. The molecule has 21 nitrogen and oxygen atoms in total. The lowest BCUT2D eigenvalue weighted by molar-refractivity contribution is -0.142. The number of hydrogen-bond donors (Lipinski definition) is 11. The van der Waals surface area contributed by atoms with Crippen LogP contribution in [0.5, 0.6) is 0 Å². The van der Waals surface area contributed by atoms with E-state index in [1.165, 1.54) is 30.3 Å². The number of benzene rings is 5. The molecule has 5 aromatic carbocycles. The van der Waals surface area contributed by atoms with Gasteiger partial charge < -0.3 is 59.9 Å². The molecule has 0 radical (unpaired) electrons. The molecule has 5 atom stereocenters. The second-order valence-electron chi connectivity index (χ2n) is 18.5. The van der Waals surface area contributed by atoms with Crippen molar-refractivity contribution in [3.05, 3.63) is 179 Å². The Morgan fingerprint density at radius 1 is 0.550 bits per heavy atom. The Morgan fingerprint density at radius 2 is 1.01 bits per heavy atom. The second-order valence-corrected chi connectivity index (χ2v) is 18.5. The maximum absolute atomic E-state index is 14.9. The van der Waals surface area contributed by atoms with Crippen molar-refractivity contribution in [2.24, 2.45) is 32.9 Å². The van der Waals surface area contributed by atoms with Crippen LogP contribution in [0.3, 0.4) is 0 Å². The standard InChI is InChI=1S/C58H67FN12O9/c1-2-49(72)64-31-10-16-45(56(79)80)69-52(75)44(15-9-32-65-57(60)61)68-54(77)47(34-37-17-24-41(25-18-37)51(74)40-13-7-4-8-14-40)71-55(78)48(35-39-21-28-43(29-22-39)66-58(62)63)70-53(76)46(33-38-19-26-42(59)27-20-38)67-50(73)30-23-36-11-5-3-6-12-36/h3-8,11-14,17-30,44-48H,2,9-10,15-16,31-35H2,1H3,(H,64,72)(H,67,73)(H,68,77)(H,69,75)(H,70,76)(H,71,78)(H,79,80)(H4,60,61,65)(H4,62,63,66)/b30-23+/t44-,45-,46-,47-,48-/m0/s1. The van der Waals surface area contributed by atoms with E-state index < -0.39 is 71.5 Å². The van der Waals surface area contributed by atoms with Crippen LogP contribution in [0.25, 0.3) is 6.08 Å². The summed E-state index contributed by atoms with van der Waals surface area (Å²) in [5.74, 6) is -7.02. The summed E-state index contributed by atoms with van der Waals surface area (Å²) in [7, 11) is 0. The zero-order valence-electron chi connectivity index (χ0n) is 44.1. The number of guanidine groups is 2. The highest BCUT2D eigenvalue weighted by Gasteiger charge is 2.33. The number of hydrogen-bond acceptors (Lipinski definition) is 10. The Bertz CT molecular complexity index is 2990. The highest BCUT2D eigenvalue weighted by atomic mass is 19.1. The molecule has 5 aromatic rings. The van der Waals surface area contributed by atoms with Gasteiger partial charge in [0.05, 0.1) is 5.69 Å². The fraction of sp³-hybridized carbons (Fsp3) is 0.276. The van der Waals surface area contributed by atoms with Gasteiger partial charge in [0.2, 0.25) is 35.4 Å². The van der Waals surface area contributed by atoms with E-state index in [9.17, 15) is 47.9 Å². The molecule has 6 amide bonds. The Kier molecular flexibility index (Phi) is 24.1. The molecule has 0 heterocycles. The zero-order valence-corrected chi connectivity index (χ0v) is 44.1.